The van der Waals surface area contributed by atoms with Gasteiger partial charge in [0, 0.05) is 19.7 Å². The Labute approximate surface area is 152 Å². The zero-order chi connectivity index (χ0) is 18.2. The number of amides is 1. The Morgan fingerprint density at radius 2 is 2.00 bits per heavy atom. The monoisotopic (exact) mass is 346 g/mol. The Bertz CT molecular complexity index is 553. The fourth-order valence-corrected chi connectivity index (χ4v) is 3.95. The molecule has 1 aromatic carbocycles. The maximum absolute atomic E-state index is 12.5. The van der Waals surface area contributed by atoms with Crippen molar-refractivity contribution in [2.45, 2.75) is 70.9 Å². The summed E-state index contributed by atoms with van der Waals surface area (Å²) in [5.74, 6) is 0.556. The molecule has 0 aliphatic heterocycles. The van der Waals surface area contributed by atoms with E-state index in [1.54, 1.807) is 7.11 Å². The van der Waals surface area contributed by atoms with Gasteiger partial charge in [0.1, 0.15) is 0 Å². The molecule has 0 bridgehead atoms. The van der Waals surface area contributed by atoms with E-state index in [9.17, 15) is 4.79 Å². The van der Waals surface area contributed by atoms with E-state index in [4.69, 9.17) is 10.5 Å². The third kappa shape index (κ3) is 6.12. The lowest BCUT2D eigenvalue weighted by Gasteiger charge is -2.28. The summed E-state index contributed by atoms with van der Waals surface area (Å²) < 4.78 is 5.42. The van der Waals surface area contributed by atoms with Crippen molar-refractivity contribution in [3.05, 3.63) is 34.9 Å². The van der Waals surface area contributed by atoms with Crippen LogP contribution in [0.15, 0.2) is 18.2 Å². The van der Waals surface area contributed by atoms with Gasteiger partial charge in [-0.2, -0.15) is 0 Å². The number of nitrogens with one attached hydrogen (secondary N) is 1. The third-order valence-electron chi connectivity index (χ3n) is 5.42. The van der Waals surface area contributed by atoms with E-state index in [2.05, 4.69) is 37.4 Å². The van der Waals surface area contributed by atoms with Crippen molar-refractivity contribution < 1.29 is 9.53 Å². The number of ether oxygens (including phenoxy) is 1. The van der Waals surface area contributed by atoms with Crippen LogP contribution >= 0.6 is 0 Å². The van der Waals surface area contributed by atoms with Gasteiger partial charge in [-0.05, 0) is 43.7 Å². The van der Waals surface area contributed by atoms with Crippen molar-refractivity contribution in [3.63, 3.8) is 0 Å². The van der Waals surface area contributed by atoms with Gasteiger partial charge in [0.15, 0.2) is 6.10 Å². The molecule has 0 radical (unpaired) electrons. The quantitative estimate of drug-likeness (QED) is 0.759. The first-order valence-corrected chi connectivity index (χ1v) is 9.63. The van der Waals surface area contributed by atoms with Crippen LogP contribution in [0.3, 0.4) is 0 Å². The van der Waals surface area contributed by atoms with Crippen LogP contribution in [0.5, 0.6) is 0 Å². The average molecular weight is 347 g/mol. The number of hydrogen-bond donors (Lipinski definition) is 2. The minimum Gasteiger partial charge on any atom is -0.370 e. The number of methoxy groups -OCH3 is 1. The maximum Gasteiger partial charge on any atom is 0.250 e. The standard InChI is InChI=1S/C21H34N2O2/c1-15-9-10-18(16(2)13-15)11-12-23-21(24)20(25-3)19(22)14-17-7-5-4-6-8-17/h9-10,13,17,19-20H,4-8,11-12,14,22H2,1-3H3,(H,23,24)/t19-,20?/m1/s1. The van der Waals surface area contributed by atoms with Crippen LogP contribution in [0.4, 0.5) is 0 Å². The molecule has 2 rings (SSSR count). The van der Waals surface area contributed by atoms with Crippen LogP contribution in [0, 0.1) is 19.8 Å². The smallest absolute Gasteiger partial charge is 0.250 e. The minimum atomic E-state index is -0.555. The van der Waals surface area contributed by atoms with Crippen LogP contribution in [-0.2, 0) is 16.0 Å². The van der Waals surface area contributed by atoms with Crippen molar-refractivity contribution in [2.24, 2.45) is 11.7 Å². The number of rotatable bonds is 8. The largest absolute Gasteiger partial charge is 0.370 e. The fourth-order valence-electron chi connectivity index (χ4n) is 3.95. The molecule has 25 heavy (non-hydrogen) atoms. The molecule has 3 N–H and O–H groups in total. The van der Waals surface area contributed by atoms with E-state index < -0.39 is 6.10 Å². The SMILES string of the molecule is COC(C(=O)NCCc1ccc(C)cc1C)[C@H](N)CC1CCCCC1. The minimum absolute atomic E-state index is 0.0874. The number of carbonyl (C=O) groups is 1. The molecule has 1 saturated carbocycles. The molecular formula is C21H34N2O2. The normalized spacial score (nSPS) is 17.9. The van der Waals surface area contributed by atoms with E-state index >= 15 is 0 Å². The molecule has 2 atom stereocenters. The molecule has 0 spiro atoms. The van der Waals surface area contributed by atoms with Crippen molar-refractivity contribution in [1.29, 1.82) is 0 Å². The van der Waals surface area contributed by atoms with Crippen molar-refractivity contribution >= 4 is 5.91 Å². The zero-order valence-electron chi connectivity index (χ0n) is 16.0. The molecule has 1 fully saturated rings. The Balaban J connectivity index is 1.80. The Morgan fingerprint density at radius 3 is 2.64 bits per heavy atom. The molecule has 0 heterocycles. The van der Waals surface area contributed by atoms with E-state index in [0.717, 1.165) is 12.8 Å². The third-order valence-corrected chi connectivity index (χ3v) is 5.42. The van der Waals surface area contributed by atoms with Crippen molar-refractivity contribution in [2.75, 3.05) is 13.7 Å². The Hall–Kier alpha value is -1.39. The summed E-state index contributed by atoms with van der Waals surface area (Å²) in [7, 11) is 1.58. The first kappa shape index (κ1) is 19.9. The van der Waals surface area contributed by atoms with Gasteiger partial charge < -0.3 is 15.8 Å². The van der Waals surface area contributed by atoms with Crippen LogP contribution in [0.25, 0.3) is 0 Å². The van der Waals surface area contributed by atoms with E-state index in [1.807, 2.05) is 0 Å². The topological polar surface area (TPSA) is 64.3 Å². The van der Waals surface area contributed by atoms with Gasteiger partial charge in [-0.1, -0.05) is 55.9 Å². The lowest BCUT2D eigenvalue weighted by Crippen LogP contribution is -2.48. The highest BCUT2D eigenvalue weighted by atomic mass is 16.5. The summed E-state index contributed by atoms with van der Waals surface area (Å²) in [5.41, 5.74) is 10.1. The van der Waals surface area contributed by atoms with E-state index in [-0.39, 0.29) is 11.9 Å². The number of carbonyl (C=O) groups excluding carboxylic acids is 1. The van der Waals surface area contributed by atoms with E-state index in [1.165, 1.54) is 48.8 Å². The molecule has 1 amide bonds. The number of benzene rings is 1. The Kier molecular flexibility index (Phi) is 7.91. The second-order valence-electron chi connectivity index (χ2n) is 7.53. The second-order valence-corrected chi connectivity index (χ2v) is 7.53. The summed E-state index contributed by atoms with van der Waals surface area (Å²) in [6.07, 6.45) is 7.53. The highest BCUT2D eigenvalue weighted by Crippen LogP contribution is 2.27. The van der Waals surface area contributed by atoms with Gasteiger partial charge in [0.2, 0.25) is 0 Å². The summed E-state index contributed by atoms with van der Waals surface area (Å²) >= 11 is 0. The van der Waals surface area contributed by atoms with Crippen LogP contribution < -0.4 is 11.1 Å². The van der Waals surface area contributed by atoms with Crippen LogP contribution in [0.1, 0.15) is 55.2 Å². The summed E-state index contributed by atoms with van der Waals surface area (Å²) in [5, 5.41) is 3.00. The number of nitrogens with two attached hydrogens (primary N) is 1. The van der Waals surface area contributed by atoms with Gasteiger partial charge in [-0.3, -0.25) is 4.79 Å². The lowest BCUT2D eigenvalue weighted by molar-refractivity contribution is -0.132. The van der Waals surface area contributed by atoms with Gasteiger partial charge in [-0.25, -0.2) is 0 Å². The van der Waals surface area contributed by atoms with Gasteiger partial charge in [0.25, 0.3) is 5.91 Å². The van der Waals surface area contributed by atoms with Crippen molar-refractivity contribution in [3.8, 4) is 0 Å². The molecule has 140 valence electrons. The molecule has 1 aliphatic rings. The van der Waals surface area contributed by atoms with Gasteiger partial charge in [-0.15, -0.1) is 0 Å². The van der Waals surface area contributed by atoms with Crippen molar-refractivity contribution in [1.82, 2.24) is 5.32 Å². The second kappa shape index (κ2) is 9.93. The highest BCUT2D eigenvalue weighted by Gasteiger charge is 2.28. The van der Waals surface area contributed by atoms with Crippen LogP contribution in [0.2, 0.25) is 0 Å². The van der Waals surface area contributed by atoms with E-state index in [0.29, 0.717) is 12.5 Å². The predicted octanol–water partition coefficient (Wildman–Crippen LogP) is 3.27. The highest BCUT2D eigenvalue weighted by molar-refractivity contribution is 5.81. The lowest BCUT2D eigenvalue weighted by atomic mass is 9.84. The molecule has 1 unspecified atom stereocenters. The predicted molar refractivity (Wildman–Crippen MR) is 103 cm³/mol. The van der Waals surface area contributed by atoms with Crippen LogP contribution in [-0.4, -0.2) is 31.7 Å². The summed E-state index contributed by atoms with van der Waals surface area (Å²) in [6.45, 7) is 4.82. The molecular weight excluding hydrogens is 312 g/mol. The molecule has 1 aromatic rings. The molecule has 0 aromatic heterocycles. The number of aryl methyl sites for hydroxylation is 2. The molecule has 4 nitrogen and oxygen atoms in total. The average Bonchev–Trinajstić information content (AvgIpc) is 2.58. The first-order valence-electron chi connectivity index (χ1n) is 9.63. The molecule has 4 heteroatoms. The maximum atomic E-state index is 12.5. The van der Waals surface area contributed by atoms with Gasteiger partial charge in [0.05, 0.1) is 0 Å². The summed E-state index contributed by atoms with van der Waals surface area (Å²) in [6, 6.07) is 6.20. The summed E-state index contributed by atoms with van der Waals surface area (Å²) in [4.78, 5) is 12.5. The first-order chi connectivity index (χ1) is 12.0. The molecule has 1 aliphatic carbocycles. The molecule has 0 saturated heterocycles. The fraction of sp³-hybridized carbons (Fsp3) is 0.667. The number of hydrogen-bond acceptors (Lipinski definition) is 3. The zero-order valence-corrected chi connectivity index (χ0v) is 16.0. The van der Waals surface area contributed by atoms with Gasteiger partial charge >= 0.3 is 0 Å². The Morgan fingerprint density at radius 1 is 1.28 bits per heavy atom.